The first-order chi connectivity index (χ1) is 15.4. The Balaban J connectivity index is 1.30. The summed E-state index contributed by atoms with van der Waals surface area (Å²) in [6, 6.07) is 18.9. The van der Waals surface area contributed by atoms with Gasteiger partial charge in [-0.3, -0.25) is 4.79 Å². The number of amides is 1. The Labute approximate surface area is 186 Å². The highest BCUT2D eigenvalue weighted by atomic mass is 32.2. The first kappa shape index (κ1) is 21.8. The SMILES string of the molecule is O=C(OCC(=O)N1CCN(S(=O)(=O)c2ccccc2)CC1)c1cccc(-n2cccc2)c1. The molecule has 1 aliphatic rings. The van der Waals surface area contributed by atoms with E-state index in [1.165, 1.54) is 9.21 Å². The summed E-state index contributed by atoms with van der Waals surface area (Å²) in [6.45, 7) is 0.473. The average molecular weight is 454 g/mol. The minimum absolute atomic E-state index is 0.190. The second kappa shape index (κ2) is 9.37. The van der Waals surface area contributed by atoms with Gasteiger partial charge in [0.25, 0.3) is 5.91 Å². The summed E-state index contributed by atoms with van der Waals surface area (Å²) in [5.41, 5.74) is 1.16. The van der Waals surface area contributed by atoms with Gasteiger partial charge in [0.05, 0.1) is 10.5 Å². The van der Waals surface area contributed by atoms with Crippen LogP contribution < -0.4 is 0 Å². The summed E-state index contributed by atoms with van der Waals surface area (Å²) in [7, 11) is -3.59. The highest BCUT2D eigenvalue weighted by Crippen LogP contribution is 2.17. The van der Waals surface area contributed by atoms with Crippen LogP contribution in [0.25, 0.3) is 5.69 Å². The summed E-state index contributed by atoms with van der Waals surface area (Å²) in [4.78, 5) is 26.6. The Morgan fingerprint density at radius 3 is 2.22 bits per heavy atom. The van der Waals surface area contributed by atoms with Gasteiger partial charge in [-0.1, -0.05) is 24.3 Å². The molecule has 0 radical (unpaired) electrons. The van der Waals surface area contributed by atoms with E-state index in [1.807, 2.05) is 35.2 Å². The lowest BCUT2D eigenvalue weighted by Crippen LogP contribution is -2.51. The Morgan fingerprint density at radius 1 is 0.844 bits per heavy atom. The van der Waals surface area contributed by atoms with Crippen molar-refractivity contribution in [3.8, 4) is 5.69 Å². The van der Waals surface area contributed by atoms with Crippen molar-refractivity contribution < 1.29 is 22.7 Å². The zero-order valence-electron chi connectivity index (χ0n) is 17.3. The number of hydrogen-bond acceptors (Lipinski definition) is 5. The summed E-state index contributed by atoms with van der Waals surface area (Å²) < 4.78 is 33.8. The lowest BCUT2D eigenvalue weighted by molar-refractivity contribution is -0.135. The largest absolute Gasteiger partial charge is 0.452 e. The van der Waals surface area contributed by atoms with E-state index in [1.54, 1.807) is 48.5 Å². The van der Waals surface area contributed by atoms with E-state index >= 15 is 0 Å². The van der Waals surface area contributed by atoms with Gasteiger partial charge in [-0.05, 0) is 42.5 Å². The molecule has 1 fully saturated rings. The molecule has 1 aromatic heterocycles. The molecule has 3 aromatic rings. The lowest BCUT2D eigenvalue weighted by atomic mass is 10.2. The maximum absolute atomic E-state index is 12.7. The number of esters is 1. The molecule has 2 aromatic carbocycles. The van der Waals surface area contributed by atoms with E-state index in [2.05, 4.69) is 0 Å². The fourth-order valence-electron chi connectivity index (χ4n) is 3.52. The number of piperazine rings is 1. The first-order valence-corrected chi connectivity index (χ1v) is 11.6. The van der Waals surface area contributed by atoms with Gasteiger partial charge in [0.1, 0.15) is 0 Å². The van der Waals surface area contributed by atoms with Crippen molar-refractivity contribution >= 4 is 21.9 Å². The van der Waals surface area contributed by atoms with Crippen molar-refractivity contribution in [3.63, 3.8) is 0 Å². The summed E-state index contributed by atoms with van der Waals surface area (Å²) >= 11 is 0. The third-order valence-corrected chi connectivity index (χ3v) is 7.20. The molecule has 166 valence electrons. The fraction of sp³-hybridized carbons (Fsp3) is 0.217. The number of carbonyl (C=O) groups excluding carboxylic acids is 2. The molecule has 1 saturated heterocycles. The van der Waals surface area contributed by atoms with E-state index < -0.39 is 22.6 Å². The molecule has 2 heterocycles. The van der Waals surface area contributed by atoms with Gasteiger partial charge in [0.2, 0.25) is 10.0 Å². The van der Waals surface area contributed by atoms with Crippen molar-refractivity contribution in [2.24, 2.45) is 0 Å². The van der Waals surface area contributed by atoms with Gasteiger partial charge in [-0.15, -0.1) is 0 Å². The van der Waals surface area contributed by atoms with Crippen LogP contribution in [0.2, 0.25) is 0 Å². The van der Waals surface area contributed by atoms with E-state index in [4.69, 9.17) is 4.74 Å². The highest BCUT2D eigenvalue weighted by Gasteiger charge is 2.30. The number of benzene rings is 2. The molecule has 4 rings (SSSR count). The molecule has 0 unspecified atom stereocenters. The summed E-state index contributed by atoms with van der Waals surface area (Å²) in [5, 5.41) is 0. The molecule has 0 atom stereocenters. The van der Waals surface area contributed by atoms with Crippen molar-refractivity contribution in [1.29, 1.82) is 0 Å². The van der Waals surface area contributed by atoms with Gasteiger partial charge >= 0.3 is 5.97 Å². The summed E-state index contributed by atoms with van der Waals surface area (Å²) in [5.74, 6) is -0.936. The average Bonchev–Trinajstić information content (AvgIpc) is 3.38. The normalized spacial score (nSPS) is 14.8. The predicted molar refractivity (Wildman–Crippen MR) is 118 cm³/mol. The van der Waals surface area contributed by atoms with E-state index in [0.29, 0.717) is 5.56 Å². The van der Waals surface area contributed by atoms with Crippen molar-refractivity contribution in [2.45, 2.75) is 4.90 Å². The molecule has 0 spiro atoms. The number of nitrogens with zero attached hydrogens (tertiary/aromatic N) is 3. The Hall–Kier alpha value is -3.43. The Bertz CT molecular complexity index is 1190. The number of ether oxygens (including phenoxy) is 1. The molecule has 0 saturated carbocycles. The van der Waals surface area contributed by atoms with Crippen LogP contribution in [0.15, 0.2) is 84.0 Å². The lowest BCUT2D eigenvalue weighted by Gasteiger charge is -2.33. The van der Waals surface area contributed by atoms with Crippen molar-refractivity contribution in [2.75, 3.05) is 32.8 Å². The number of sulfonamides is 1. The van der Waals surface area contributed by atoms with Crippen LogP contribution in [-0.4, -0.2) is 66.9 Å². The maximum Gasteiger partial charge on any atom is 0.338 e. The molecular weight excluding hydrogens is 430 g/mol. The van der Waals surface area contributed by atoms with Gasteiger partial charge in [0.15, 0.2) is 6.61 Å². The van der Waals surface area contributed by atoms with E-state index in [0.717, 1.165) is 5.69 Å². The Kier molecular flexibility index (Phi) is 6.38. The minimum Gasteiger partial charge on any atom is -0.452 e. The van der Waals surface area contributed by atoms with Crippen LogP contribution in [0.4, 0.5) is 0 Å². The van der Waals surface area contributed by atoms with Crippen LogP contribution in [0.5, 0.6) is 0 Å². The number of hydrogen-bond donors (Lipinski definition) is 0. The minimum atomic E-state index is -3.59. The van der Waals surface area contributed by atoms with Crippen LogP contribution in [0, 0.1) is 0 Å². The molecular formula is C23H23N3O5S. The number of carbonyl (C=O) groups is 2. The molecule has 1 amide bonds. The second-order valence-electron chi connectivity index (χ2n) is 7.31. The van der Waals surface area contributed by atoms with Crippen molar-refractivity contribution in [3.05, 3.63) is 84.7 Å². The zero-order chi connectivity index (χ0) is 22.6. The molecule has 8 nitrogen and oxygen atoms in total. The van der Waals surface area contributed by atoms with Gasteiger partial charge < -0.3 is 14.2 Å². The molecule has 1 aliphatic heterocycles. The van der Waals surface area contributed by atoms with Gasteiger partial charge in [-0.25, -0.2) is 13.2 Å². The fourth-order valence-corrected chi connectivity index (χ4v) is 4.96. The monoisotopic (exact) mass is 453 g/mol. The van der Waals surface area contributed by atoms with E-state index in [9.17, 15) is 18.0 Å². The highest BCUT2D eigenvalue weighted by molar-refractivity contribution is 7.89. The first-order valence-electron chi connectivity index (χ1n) is 10.2. The number of aromatic nitrogens is 1. The smallest absolute Gasteiger partial charge is 0.338 e. The maximum atomic E-state index is 12.7. The third kappa shape index (κ3) is 4.74. The standard InChI is InChI=1S/C23H23N3O5S/c27-22(18-31-23(28)19-7-6-8-20(17-19)24-11-4-5-12-24)25-13-15-26(16-14-25)32(29,30)21-9-2-1-3-10-21/h1-12,17H,13-16,18H2. The van der Waals surface area contributed by atoms with Gasteiger partial charge in [-0.2, -0.15) is 4.31 Å². The quantitative estimate of drug-likeness (QED) is 0.534. The molecule has 0 bridgehead atoms. The van der Waals surface area contributed by atoms with Crippen LogP contribution in [0.1, 0.15) is 10.4 Å². The second-order valence-corrected chi connectivity index (χ2v) is 9.25. The zero-order valence-corrected chi connectivity index (χ0v) is 18.1. The van der Waals surface area contributed by atoms with Gasteiger partial charge in [0, 0.05) is 44.3 Å². The molecule has 0 aliphatic carbocycles. The third-order valence-electron chi connectivity index (χ3n) is 5.28. The van der Waals surface area contributed by atoms with E-state index in [-0.39, 0.29) is 37.0 Å². The predicted octanol–water partition coefficient (Wildman–Crippen LogP) is 2.17. The Morgan fingerprint density at radius 2 is 1.53 bits per heavy atom. The number of rotatable bonds is 6. The van der Waals surface area contributed by atoms with Crippen LogP contribution in [0.3, 0.4) is 0 Å². The van der Waals surface area contributed by atoms with Crippen molar-refractivity contribution in [1.82, 2.24) is 13.8 Å². The van der Waals surface area contributed by atoms with Crippen LogP contribution in [-0.2, 0) is 19.6 Å². The molecule has 0 N–H and O–H groups in total. The van der Waals surface area contributed by atoms with Crippen LogP contribution >= 0.6 is 0 Å². The summed E-state index contributed by atoms with van der Waals surface area (Å²) in [6.07, 6.45) is 3.73. The molecule has 32 heavy (non-hydrogen) atoms. The molecule has 9 heteroatoms. The topological polar surface area (TPSA) is 88.9 Å².